The minimum Gasteiger partial charge on any atom is -0.412 e. The number of rotatable bonds is 0. The molecule has 4 heteroatoms. The molecule has 0 aliphatic rings. The summed E-state index contributed by atoms with van der Waals surface area (Å²) in [5.41, 5.74) is 0. The Kier molecular flexibility index (Phi) is 607. The van der Waals surface area contributed by atoms with E-state index in [1.807, 2.05) is 0 Å². The van der Waals surface area contributed by atoms with Crippen molar-refractivity contribution in [2.24, 2.45) is 0 Å². The average molecular weight is 130 g/mol. The standard InChI is InChI=1S/Al.2H2O.Zn.2H/h;2*1H2;;;. The van der Waals surface area contributed by atoms with Gasteiger partial charge in [0, 0.05) is 19.5 Å². The van der Waals surface area contributed by atoms with Crippen molar-refractivity contribution in [3.05, 3.63) is 0 Å². The van der Waals surface area contributed by atoms with Crippen LogP contribution in [0.1, 0.15) is 0 Å². The van der Waals surface area contributed by atoms with Gasteiger partial charge >= 0.3 is 0 Å². The van der Waals surface area contributed by atoms with Gasteiger partial charge < -0.3 is 11.0 Å². The molecule has 0 atom stereocenters. The first-order chi connectivity index (χ1) is 0. The van der Waals surface area contributed by atoms with Crippen LogP contribution < -0.4 is 0 Å². The fraction of sp³-hybridized carbons (Fsp3) is 0. The van der Waals surface area contributed by atoms with Crippen LogP contribution in [-0.4, -0.2) is 28.3 Å². The summed E-state index contributed by atoms with van der Waals surface area (Å²) in [6.07, 6.45) is 0. The molecule has 23 valence electrons. The zero-order valence-electron chi connectivity index (χ0n) is 2.71. The molecule has 0 amide bonds. The van der Waals surface area contributed by atoms with E-state index in [-0.39, 0.29) is 47.8 Å². The van der Waals surface area contributed by atoms with Crippen molar-refractivity contribution in [3.8, 4) is 0 Å². The topological polar surface area (TPSA) is 63.0 Å². The van der Waals surface area contributed by atoms with Crippen LogP contribution in [0.25, 0.3) is 0 Å². The van der Waals surface area contributed by atoms with Gasteiger partial charge in [0.05, 0.1) is 0 Å². The average Bonchev–Trinajstić information content (AvgIpc) is 0. The molecule has 0 aliphatic heterocycles. The predicted molar refractivity (Wildman–Crippen MR) is 15.8 cm³/mol. The van der Waals surface area contributed by atoms with Crippen molar-refractivity contribution in [1.29, 1.82) is 0 Å². The molecule has 0 aromatic heterocycles. The predicted octanol–water partition coefficient (Wildman–Crippen LogP) is -2.57. The normalized spacial score (nSPS) is 0. The Balaban J connectivity index is 0. The van der Waals surface area contributed by atoms with Crippen molar-refractivity contribution in [3.63, 3.8) is 0 Å². The Hall–Kier alpha value is 1.08. The largest absolute Gasteiger partial charge is 0.412 e. The molecule has 0 saturated heterocycles. The van der Waals surface area contributed by atoms with Crippen LogP contribution in [0, 0.1) is 0 Å². The van der Waals surface area contributed by atoms with Gasteiger partial charge in [0.1, 0.15) is 17.4 Å². The summed E-state index contributed by atoms with van der Waals surface area (Å²) in [5.74, 6) is 0. The second-order valence-corrected chi connectivity index (χ2v) is 0. The summed E-state index contributed by atoms with van der Waals surface area (Å²) in [5, 5.41) is 0. The fourth-order valence-electron chi connectivity index (χ4n) is 0. The smallest absolute Gasteiger partial charge is 0.146 e. The van der Waals surface area contributed by atoms with Crippen molar-refractivity contribution >= 4 is 17.4 Å². The van der Waals surface area contributed by atoms with Crippen molar-refractivity contribution < 1.29 is 30.4 Å². The summed E-state index contributed by atoms with van der Waals surface area (Å²) in [4.78, 5) is 0. The minimum atomic E-state index is 0. The van der Waals surface area contributed by atoms with E-state index in [4.69, 9.17) is 0 Å². The summed E-state index contributed by atoms with van der Waals surface area (Å²) in [6, 6.07) is 0. The van der Waals surface area contributed by atoms with Crippen LogP contribution in [0.5, 0.6) is 0 Å². The van der Waals surface area contributed by atoms with Crippen LogP contribution in [0.4, 0.5) is 0 Å². The van der Waals surface area contributed by atoms with E-state index in [0.717, 1.165) is 0 Å². The third-order valence-electron chi connectivity index (χ3n) is 0. The molecule has 4 heavy (non-hydrogen) atoms. The Morgan fingerprint density at radius 2 is 0.750 bits per heavy atom. The molecule has 0 spiro atoms. The molecule has 4 N–H and O–H groups in total. The van der Waals surface area contributed by atoms with Crippen LogP contribution in [0.2, 0.25) is 0 Å². The second kappa shape index (κ2) is 33.3. The van der Waals surface area contributed by atoms with E-state index in [9.17, 15) is 0 Å². The maximum Gasteiger partial charge on any atom is 0.146 e. The fourth-order valence-corrected chi connectivity index (χ4v) is 0. The molecule has 0 aliphatic carbocycles. The van der Waals surface area contributed by atoms with E-state index in [0.29, 0.717) is 0 Å². The van der Waals surface area contributed by atoms with Crippen LogP contribution >= 0.6 is 0 Å². The number of hydrogen-bond donors (Lipinski definition) is 0. The quantitative estimate of drug-likeness (QED) is 0.324. The monoisotopic (exact) mass is 129 g/mol. The molecular weight excluding hydrogens is 124 g/mol. The van der Waals surface area contributed by atoms with E-state index in [2.05, 4.69) is 0 Å². The molecule has 0 aromatic rings. The first kappa shape index (κ1) is 72.9. The maximum absolute atomic E-state index is 0. The summed E-state index contributed by atoms with van der Waals surface area (Å²) >= 11 is 0. The van der Waals surface area contributed by atoms with Crippen molar-refractivity contribution in [2.75, 3.05) is 0 Å². The van der Waals surface area contributed by atoms with Crippen molar-refractivity contribution in [2.45, 2.75) is 0 Å². The van der Waals surface area contributed by atoms with Gasteiger partial charge in [-0.2, -0.15) is 0 Å². The summed E-state index contributed by atoms with van der Waals surface area (Å²) in [7, 11) is 0. The maximum atomic E-state index is 0. The molecular formula is H6AlO2Zn. The first-order valence-corrected chi connectivity index (χ1v) is 0. The molecule has 0 fully saturated rings. The Morgan fingerprint density at radius 3 is 0.750 bits per heavy atom. The van der Waals surface area contributed by atoms with Crippen LogP contribution in [0.15, 0.2) is 0 Å². The van der Waals surface area contributed by atoms with Gasteiger partial charge in [0.2, 0.25) is 0 Å². The number of hydrogen-bond acceptors (Lipinski definition) is 0. The molecule has 0 saturated carbocycles. The Bertz CT molecular complexity index is 6.00. The minimum absolute atomic E-state index is 0. The molecule has 2 nitrogen and oxygen atoms in total. The van der Waals surface area contributed by atoms with Gasteiger partial charge in [0.15, 0.2) is 0 Å². The van der Waals surface area contributed by atoms with Gasteiger partial charge in [0.25, 0.3) is 0 Å². The summed E-state index contributed by atoms with van der Waals surface area (Å²) in [6.45, 7) is 0. The SMILES string of the molecule is O.O.[AlH2].[Zn]. The van der Waals surface area contributed by atoms with Gasteiger partial charge in [-0.3, -0.25) is 0 Å². The van der Waals surface area contributed by atoms with Gasteiger partial charge in [-0.1, -0.05) is 0 Å². The Labute approximate surface area is 48.1 Å². The third kappa shape index (κ3) is 11.5. The summed E-state index contributed by atoms with van der Waals surface area (Å²) < 4.78 is 0. The van der Waals surface area contributed by atoms with Gasteiger partial charge in [-0.25, -0.2) is 0 Å². The molecule has 0 heterocycles. The van der Waals surface area contributed by atoms with E-state index in [1.165, 1.54) is 0 Å². The first-order valence-electron chi connectivity index (χ1n) is 0. The van der Waals surface area contributed by atoms with Crippen LogP contribution in [-0.2, 0) is 19.5 Å². The van der Waals surface area contributed by atoms with Gasteiger partial charge in [-0.05, 0) is 0 Å². The molecule has 0 bridgehead atoms. The van der Waals surface area contributed by atoms with Crippen LogP contribution in [0.3, 0.4) is 0 Å². The van der Waals surface area contributed by atoms with E-state index < -0.39 is 0 Å². The second-order valence-electron chi connectivity index (χ2n) is 0. The molecule has 1 radical (unpaired) electrons. The molecule has 0 unspecified atom stereocenters. The molecule has 0 aromatic carbocycles. The van der Waals surface area contributed by atoms with Gasteiger partial charge in [-0.15, -0.1) is 0 Å². The van der Waals surface area contributed by atoms with E-state index in [1.54, 1.807) is 0 Å². The van der Waals surface area contributed by atoms with E-state index >= 15 is 0 Å². The molecule has 0 rings (SSSR count). The zero-order chi connectivity index (χ0) is 0. The Morgan fingerprint density at radius 1 is 0.750 bits per heavy atom. The zero-order valence-corrected chi connectivity index (χ0v) is 7.67. The van der Waals surface area contributed by atoms with Crippen molar-refractivity contribution in [1.82, 2.24) is 0 Å². The third-order valence-corrected chi connectivity index (χ3v) is 0.